The molecule has 6 heteroatoms. The zero-order valence-corrected chi connectivity index (χ0v) is 16.1. The number of anilines is 1. The van der Waals surface area contributed by atoms with E-state index in [9.17, 15) is 9.59 Å². The molecule has 0 saturated carbocycles. The van der Waals surface area contributed by atoms with E-state index in [0.717, 1.165) is 31.5 Å². The summed E-state index contributed by atoms with van der Waals surface area (Å²) < 4.78 is 10.7. The second-order valence-electron chi connectivity index (χ2n) is 6.77. The molecule has 2 aromatic carbocycles. The van der Waals surface area contributed by atoms with Gasteiger partial charge in [-0.2, -0.15) is 0 Å². The molecular weight excluding hydrogens is 356 g/mol. The van der Waals surface area contributed by atoms with Gasteiger partial charge < -0.3 is 19.7 Å². The molecule has 6 nitrogen and oxygen atoms in total. The van der Waals surface area contributed by atoms with Crippen molar-refractivity contribution in [1.82, 2.24) is 4.90 Å². The molecule has 0 radical (unpaired) electrons. The Kier molecular flexibility index (Phi) is 6.89. The number of nitrogens with zero attached hydrogens (tertiary/aromatic N) is 1. The minimum absolute atomic E-state index is 0.105. The second kappa shape index (κ2) is 9.78. The van der Waals surface area contributed by atoms with Crippen LogP contribution in [0.4, 0.5) is 5.69 Å². The normalized spacial score (nSPS) is 13.2. The van der Waals surface area contributed by atoms with E-state index in [1.54, 1.807) is 19.2 Å². The first kappa shape index (κ1) is 19.7. The van der Waals surface area contributed by atoms with Crippen molar-refractivity contribution in [3.63, 3.8) is 0 Å². The predicted molar refractivity (Wildman–Crippen MR) is 108 cm³/mol. The van der Waals surface area contributed by atoms with Gasteiger partial charge in [-0.05, 0) is 49.1 Å². The van der Waals surface area contributed by atoms with Crippen LogP contribution in [-0.2, 0) is 16.0 Å². The smallest absolute Gasteiger partial charge is 0.262 e. The molecule has 1 N–H and O–H groups in total. The number of benzene rings is 2. The van der Waals surface area contributed by atoms with E-state index in [-0.39, 0.29) is 18.4 Å². The average molecular weight is 382 g/mol. The Morgan fingerprint density at radius 1 is 1.00 bits per heavy atom. The molecule has 3 rings (SSSR count). The fourth-order valence-electron chi connectivity index (χ4n) is 3.21. The summed E-state index contributed by atoms with van der Waals surface area (Å²) in [6, 6.07) is 14.8. The highest BCUT2D eigenvalue weighted by molar-refractivity contribution is 5.91. The molecule has 28 heavy (non-hydrogen) atoms. The number of rotatable bonds is 8. The maximum Gasteiger partial charge on any atom is 0.262 e. The van der Waals surface area contributed by atoms with Gasteiger partial charge in [-0.15, -0.1) is 0 Å². The molecule has 1 fully saturated rings. The Balaban J connectivity index is 1.44. The van der Waals surface area contributed by atoms with Crippen LogP contribution in [0.5, 0.6) is 11.5 Å². The van der Waals surface area contributed by atoms with Gasteiger partial charge in [0.15, 0.2) is 18.1 Å². The zero-order valence-electron chi connectivity index (χ0n) is 16.1. The number of para-hydroxylation sites is 2. The lowest BCUT2D eigenvalue weighted by Crippen LogP contribution is -2.27. The van der Waals surface area contributed by atoms with Crippen LogP contribution in [0.15, 0.2) is 48.5 Å². The Labute approximate surface area is 165 Å². The molecule has 0 aromatic heterocycles. The minimum atomic E-state index is -0.247. The number of ether oxygens (including phenoxy) is 2. The summed E-state index contributed by atoms with van der Waals surface area (Å²) in [7, 11) is 1.56. The minimum Gasteiger partial charge on any atom is -0.493 e. The number of amides is 2. The molecule has 0 spiro atoms. The fourth-order valence-corrected chi connectivity index (χ4v) is 3.21. The van der Waals surface area contributed by atoms with Crippen molar-refractivity contribution >= 4 is 17.5 Å². The first-order chi connectivity index (χ1) is 13.7. The van der Waals surface area contributed by atoms with Gasteiger partial charge in [-0.1, -0.05) is 24.3 Å². The number of methoxy groups -OCH3 is 1. The summed E-state index contributed by atoms with van der Waals surface area (Å²) >= 11 is 0. The van der Waals surface area contributed by atoms with Crippen molar-refractivity contribution in [3.8, 4) is 11.5 Å². The van der Waals surface area contributed by atoms with E-state index in [1.165, 1.54) is 0 Å². The van der Waals surface area contributed by atoms with Crippen molar-refractivity contribution in [2.45, 2.75) is 25.7 Å². The first-order valence-electron chi connectivity index (χ1n) is 9.58. The average Bonchev–Trinajstić information content (AvgIpc) is 3.27. The molecule has 1 saturated heterocycles. The SMILES string of the molecule is COc1ccccc1OCC(=O)Nc1ccc(CCC(=O)N2CCCC2)cc1. The lowest BCUT2D eigenvalue weighted by atomic mass is 10.1. The molecule has 0 atom stereocenters. The Bertz CT molecular complexity index is 798. The van der Waals surface area contributed by atoms with Crippen LogP contribution in [0, 0.1) is 0 Å². The van der Waals surface area contributed by atoms with Crippen molar-refractivity contribution in [2.75, 3.05) is 32.1 Å². The Hall–Kier alpha value is -3.02. The lowest BCUT2D eigenvalue weighted by molar-refractivity contribution is -0.130. The van der Waals surface area contributed by atoms with Crippen molar-refractivity contribution in [3.05, 3.63) is 54.1 Å². The molecule has 0 aliphatic carbocycles. The summed E-state index contributed by atoms with van der Waals surface area (Å²) in [5.41, 5.74) is 1.78. The topological polar surface area (TPSA) is 67.9 Å². The molecule has 0 bridgehead atoms. The second-order valence-corrected chi connectivity index (χ2v) is 6.77. The Morgan fingerprint density at radius 3 is 2.36 bits per heavy atom. The fraction of sp³-hybridized carbons (Fsp3) is 0.364. The van der Waals surface area contributed by atoms with Crippen LogP contribution in [-0.4, -0.2) is 43.5 Å². The molecular formula is C22H26N2O4. The van der Waals surface area contributed by atoms with Gasteiger partial charge >= 0.3 is 0 Å². The molecule has 148 valence electrons. The molecule has 1 aliphatic rings. The quantitative estimate of drug-likeness (QED) is 0.761. The molecule has 0 unspecified atom stereocenters. The summed E-state index contributed by atoms with van der Waals surface area (Å²) in [5.74, 6) is 1.09. The van der Waals surface area contributed by atoms with E-state index >= 15 is 0 Å². The van der Waals surface area contributed by atoms with Crippen LogP contribution < -0.4 is 14.8 Å². The number of hydrogen-bond acceptors (Lipinski definition) is 4. The number of nitrogens with one attached hydrogen (secondary N) is 1. The third-order valence-electron chi connectivity index (χ3n) is 4.75. The van der Waals surface area contributed by atoms with Gasteiger partial charge in [-0.3, -0.25) is 9.59 Å². The maximum absolute atomic E-state index is 12.1. The van der Waals surface area contributed by atoms with E-state index < -0.39 is 0 Å². The number of carbonyl (C=O) groups excluding carboxylic acids is 2. The highest BCUT2D eigenvalue weighted by atomic mass is 16.5. The number of carbonyl (C=O) groups is 2. The summed E-state index contributed by atoms with van der Waals surface area (Å²) in [6.45, 7) is 1.67. The third kappa shape index (κ3) is 5.49. The van der Waals surface area contributed by atoms with Gasteiger partial charge in [0.05, 0.1) is 7.11 Å². The number of likely N-dealkylation sites (tertiary alicyclic amines) is 1. The van der Waals surface area contributed by atoms with Gasteiger partial charge in [0.2, 0.25) is 5.91 Å². The van der Waals surface area contributed by atoms with E-state index in [1.807, 2.05) is 41.3 Å². The zero-order chi connectivity index (χ0) is 19.8. The molecule has 2 amide bonds. The highest BCUT2D eigenvalue weighted by Crippen LogP contribution is 2.25. The van der Waals surface area contributed by atoms with Crippen LogP contribution in [0.2, 0.25) is 0 Å². The first-order valence-corrected chi connectivity index (χ1v) is 9.58. The highest BCUT2D eigenvalue weighted by Gasteiger charge is 2.17. The largest absolute Gasteiger partial charge is 0.493 e. The maximum atomic E-state index is 12.1. The van der Waals surface area contributed by atoms with Gasteiger partial charge in [-0.25, -0.2) is 0 Å². The predicted octanol–water partition coefficient (Wildman–Crippen LogP) is 3.27. The molecule has 1 aliphatic heterocycles. The lowest BCUT2D eigenvalue weighted by Gasteiger charge is -2.15. The summed E-state index contributed by atoms with van der Waals surface area (Å²) in [6.07, 6.45) is 3.46. The Morgan fingerprint density at radius 2 is 1.68 bits per heavy atom. The number of hydrogen-bond donors (Lipinski definition) is 1. The monoisotopic (exact) mass is 382 g/mol. The van der Waals surface area contributed by atoms with E-state index in [0.29, 0.717) is 30.0 Å². The van der Waals surface area contributed by atoms with Crippen molar-refractivity contribution in [1.29, 1.82) is 0 Å². The van der Waals surface area contributed by atoms with E-state index in [4.69, 9.17) is 9.47 Å². The van der Waals surface area contributed by atoms with E-state index in [2.05, 4.69) is 5.32 Å². The van der Waals surface area contributed by atoms with Crippen LogP contribution >= 0.6 is 0 Å². The van der Waals surface area contributed by atoms with Crippen LogP contribution in [0.1, 0.15) is 24.8 Å². The van der Waals surface area contributed by atoms with Crippen molar-refractivity contribution < 1.29 is 19.1 Å². The number of aryl methyl sites for hydroxylation is 1. The van der Waals surface area contributed by atoms with Gasteiger partial charge in [0, 0.05) is 25.2 Å². The standard InChI is InChI=1S/C22H26N2O4/c1-27-19-6-2-3-7-20(19)28-16-21(25)23-18-11-8-17(9-12-18)10-13-22(26)24-14-4-5-15-24/h2-3,6-9,11-12H,4-5,10,13-16H2,1H3,(H,23,25). The van der Waals surface area contributed by atoms with Crippen molar-refractivity contribution in [2.24, 2.45) is 0 Å². The molecule has 2 aromatic rings. The molecule has 1 heterocycles. The summed E-state index contributed by atoms with van der Waals surface area (Å²) in [5, 5.41) is 2.81. The van der Waals surface area contributed by atoms with Gasteiger partial charge in [0.1, 0.15) is 0 Å². The third-order valence-corrected chi connectivity index (χ3v) is 4.75. The van der Waals surface area contributed by atoms with Gasteiger partial charge in [0.25, 0.3) is 5.91 Å². The van der Waals surface area contributed by atoms with Crippen LogP contribution in [0.25, 0.3) is 0 Å². The summed E-state index contributed by atoms with van der Waals surface area (Å²) in [4.78, 5) is 26.2. The van der Waals surface area contributed by atoms with Crippen LogP contribution in [0.3, 0.4) is 0 Å².